The van der Waals surface area contributed by atoms with Gasteiger partial charge in [-0.3, -0.25) is 0 Å². The van der Waals surface area contributed by atoms with Crippen molar-refractivity contribution in [2.45, 2.75) is 0 Å². The second-order valence-electron chi connectivity index (χ2n) is 4.65. The third kappa shape index (κ3) is 2.40. The minimum Gasteiger partial charge on any atom is -0.400 e. The summed E-state index contributed by atoms with van der Waals surface area (Å²) in [6.45, 7) is 0. The zero-order valence-corrected chi connectivity index (χ0v) is 12.0. The molecular formula is C15H10ClN5O. The topological polar surface area (TPSA) is 79.6 Å². The lowest BCUT2D eigenvalue weighted by atomic mass is 10.3. The molecule has 0 aliphatic heterocycles. The summed E-state index contributed by atoms with van der Waals surface area (Å²) >= 11 is 5.85. The fraction of sp³-hybridized carbons (Fsp3) is 0. The van der Waals surface area contributed by atoms with E-state index >= 15 is 0 Å². The number of anilines is 2. The van der Waals surface area contributed by atoms with Gasteiger partial charge in [-0.05, 0) is 36.4 Å². The number of nitrogens with zero attached hydrogens (tertiary/aromatic N) is 3. The molecule has 2 N–H and O–H groups in total. The number of aromatic nitrogens is 4. The van der Waals surface area contributed by atoms with Gasteiger partial charge in [-0.15, -0.1) is 5.10 Å². The van der Waals surface area contributed by atoms with Gasteiger partial charge in [0, 0.05) is 10.7 Å². The Hall–Kier alpha value is -2.86. The Kier molecular flexibility index (Phi) is 3.01. The van der Waals surface area contributed by atoms with Crippen molar-refractivity contribution in [2.75, 3.05) is 5.32 Å². The zero-order chi connectivity index (χ0) is 14.9. The molecule has 108 valence electrons. The summed E-state index contributed by atoms with van der Waals surface area (Å²) in [6, 6.07) is 15.2. The number of hydrogen-bond donors (Lipinski definition) is 2. The molecular weight excluding hydrogens is 302 g/mol. The van der Waals surface area contributed by atoms with E-state index in [1.54, 1.807) is 12.1 Å². The van der Waals surface area contributed by atoms with Gasteiger partial charge in [0.15, 0.2) is 5.82 Å². The minimum absolute atomic E-state index is 0.290. The molecule has 0 unspecified atom stereocenters. The highest BCUT2D eigenvalue weighted by molar-refractivity contribution is 6.30. The first kappa shape index (κ1) is 12.8. The van der Waals surface area contributed by atoms with E-state index in [0.717, 1.165) is 16.7 Å². The number of H-pyrrole nitrogens is 1. The van der Waals surface area contributed by atoms with Gasteiger partial charge < -0.3 is 14.7 Å². The van der Waals surface area contributed by atoms with Crippen LogP contribution in [0.15, 0.2) is 52.9 Å². The molecule has 0 spiro atoms. The number of rotatable bonds is 3. The Morgan fingerprint density at radius 3 is 2.64 bits per heavy atom. The zero-order valence-electron chi connectivity index (χ0n) is 11.2. The largest absolute Gasteiger partial charge is 0.400 e. The van der Waals surface area contributed by atoms with E-state index in [4.69, 9.17) is 16.0 Å². The van der Waals surface area contributed by atoms with E-state index in [2.05, 4.69) is 25.5 Å². The maximum atomic E-state index is 5.85. The van der Waals surface area contributed by atoms with Crippen LogP contribution in [0.2, 0.25) is 5.02 Å². The first-order valence-electron chi connectivity index (χ1n) is 6.59. The van der Waals surface area contributed by atoms with E-state index < -0.39 is 0 Å². The minimum atomic E-state index is 0.290. The van der Waals surface area contributed by atoms with Crippen molar-refractivity contribution in [1.29, 1.82) is 0 Å². The molecule has 0 atom stereocenters. The van der Waals surface area contributed by atoms with Gasteiger partial charge in [-0.1, -0.05) is 28.8 Å². The second-order valence-corrected chi connectivity index (χ2v) is 5.08. The lowest BCUT2D eigenvalue weighted by Gasteiger charge is -1.99. The number of para-hydroxylation sites is 2. The van der Waals surface area contributed by atoms with Crippen molar-refractivity contribution in [2.24, 2.45) is 0 Å². The van der Waals surface area contributed by atoms with Crippen LogP contribution in [0.3, 0.4) is 0 Å². The Labute approximate surface area is 130 Å². The quantitative estimate of drug-likeness (QED) is 0.597. The van der Waals surface area contributed by atoms with Gasteiger partial charge in [0.2, 0.25) is 0 Å². The van der Waals surface area contributed by atoms with E-state index in [1.165, 1.54) is 0 Å². The summed E-state index contributed by atoms with van der Waals surface area (Å²) in [7, 11) is 0. The molecule has 0 saturated heterocycles. The summed E-state index contributed by atoms with van der Waals surface area (Å²) in [6.07, 6.45) is 0. The predicted molar refractivity (Wildman–Crippen MR) is 84.1 cm³/mol. The SMILES string of the molecule is Clc1ccc(Nc2nnc(-c3nc4ccccc4[nH]3)o2)cc1. The molecule has 7 heteroatoms. The molecule has 0 saturated carbocycles. The predicted octanol–water partition coefficient (Wildman–Crippen LogP) is 4.01. The number of hydrogen-bond acceptors (Lipinski definition) is 5. The van der Waals surface area contributed by atoms with Crippen molar-refractivity contribution in [3.63, 3.8) is 0 Å². The monoisotopic (exact) mass is 311 g/mol. The van der Waals surface area contributed by atoms with Crippen LogP contribution in [-0.4, -0.2) is 20.2 Å². The van der Waals surface area contributed by atoms with Gasteiger partial charge in [0.1, 0.15) is 0 Å². The van der Waals surface area contributed by atoms with E-state index in [9.17, 15) is 0 Å². The van der Waals surface area contributed by atoms with Crippen molar-refractivity contribution < 1.29 is 4.42 Å². The maximum Gasteiger partial charge on any atom is 0.320 e. The van der Waals surface area contributed by atoms with Crippen LogP contribution in [0.5, 0.6) is 0 Å². The standard InChI is InChI=1S/C15H10ClN5O/c16-9-5-7-10(8-6-9)17-15-21-20-14(22-15)13-18-11-3-1-2-4-12(11)19-13/h1-8H,(H,17,21)(H,18,19). The average Bonchev–Trinajstić information content (AvgIpc) is 3.15. The molecule has 6 nitrogen and oxygen atoms in total. The maximum absolute atomic E-state index is 5.85. The van der Waals surface area contributed by atoms with Crippen LogP contribution in [0, 0.1) is 0 Å². The number of fused-ring (bicyclic) bond motifs is 1. The third-order valence-corrected chi connectivity index (χ3v) is 3.36. The Morgan fingerprint density at radius 2 is 1.82 bits per heavy atom. The molecule has 0 aliphatic carbocycles. The molecule has 22 heavy (non-hydrogen) atoms. The van der Waals surface area contributed by atoms with Gasteiger partial charge in [-0.25, -0.2) is 4.98 Å². The molecule has 0 amide bonds. The number of benzene rings is 2. The van der Waals surface area contributed by atoms with Crippen LogP contribution in [-0.2, 0) is 0 Å². The van der Waals surface area contributed by atoms with Gasteiger partial charge in [-0.2, -0.15) is 0 Å². The number of halogens is 1. The van der Waals surface area contributed by atoms with Crippen LogP contribution in [0.25, 0.3) is 22.7 Å². The summed E-state index contributed by atoms with van der Waals surface area (Å²) < 4.78 is 5.57. The normalized spacial score (nSPS) is 11.0. The van der Waals surface area contributed by atoms with Crippen LogP contribution in [0.1, 0.15) is 0 Å². The molecule has 2 aromatic carbocycles. The number of imidazole rings is 1. The fourth-order valence-electron chi connectivity index (χ4n) is 2.08. The summed E-state index contributed by atoms with van der Waals surface area (Å²) in [5.74, 6) is 0.866. The summed E-state index contributed by atoms with van der Waals surface area (Å²) in [5.41, 5.74) is 2.58. The van der Waals surface area contributed by atoms with Crippen molar-refractivity contribution >= 4 is 34.3 Å². The molecule has 0 fully saturated rings. The highest BCUT2D eigenvalue weighted by Gasteiger charge is 2.12. The Morgan fingerprint density at radius 1 is 1.00 bits per heavy atom. The lowest BCUT2D eigenvalue weighted by Crippen LogP contribution is -1.89. The van der Waals surface area contributed by atoms with E-state index in [-0.39, 0.29) is 6.01 Å². The number of nitrogens with one attached hydrogen (secondary N) is 2. The van der Waals surface area contributed by atoms with E-state index in [0.29, 0.717) is 16.7 Å². The molecule has 0 bridgehead atoms. The Balaban J connectivity index is 1.61. The lowest BCUT2D eigenvalue weighted by molar-refractivity contribution is 0.583. The first-order valence-corrected chi connectivity index (χ1v) is 6.97. The highest BCUT2D eigenvalue weighted by Crippen LogP contribution is 2.23. The molecule has 0 radical (unpaired) electrons. The smallest absolute Gasteiger partial charge is 0.320 e. The number of aromatic amines is 1. The Bertz CT molecular complexity index is 895. The molecule has 4 aromatic rings. The average molecular weight is 312 g/mol. The van der Waals surface area contributed by atoms with Crippen LogP contribution in [0.4, 0.5) is 11.7 Å². The van der Waals surface area contributed by atoms with E-state index in [1.807, 2.05) is 36.4 Å². The van der Waals surface area contributed by atoms with Crippen molar-refractivity contribution in [3.8, 4) is 11.7 Å². The highest BCUT2D eigenvalue weighted by atomic mass is 35.5. The van der Waals surface area contributed by atoms with Crippen molar-refractivity contribution in [1.82, 2.24) is 20.2 Å². The van der Waals surface area contributed by atoms with Gasteiger partial charge in [0.05, 0.1) is 11.0 Å². The molecule has 0 aliphatic rings. The summed E-state index contributed by atoms with van der Waals surface area (Å²) in [4.78, 5) is 7.56. The summed E-state index contributed by atoms with van der Waals surface area (Å²) in [5, 5.41) is 11.6. The van der Waals surface area contributed by atoms with Crippen LogP contribution < -0.4 is 5.32 Å². The second kappa shape index (κ2) is 5.16. The first-order chi connectivity index (χ1) is 10.8. The van der Waals surface area contributed by atoms with Gasteiger partial charge in [0.25, 0.3) is 5.89 Å². The molecule has 4 rings (SSSR count). The fourth-order valence-corrected chi connectivity index (χ4v) is 2.21. The third-order valence-electron chi connectivity index (χ3n) is 3.11. The molecule has 2 aromatic heterocycles. The van der Waals surface area contributed by atoms with Gasteiger partial charge >= 0.3 is 6.01 Å². The molecule has 2 heterocycles. The van der Waals surface area contributed by atoms with Crippen molar-refractivity contribution in [3.05, 3.63) is 53.6 Å². The van der Waals surface area contributed by atoms with Crippen LogP contribution >= 0.6 is 11.6 Å².